The van der Waals surface area contributed by atoms with E-state index in [9.17, 15) is 0 Å². The third-order valence-electron chi connectivity index (χ3n) is 6.46. The smallest absolute Gasteiger partial charge is 0.0284 e. The maximum Gasteiger partial charge on any atom is 0.0284 e. The fourth-order valence-electron chi connectivity index (χ4n) is 4.46. The minimum atomic E-state index is 0.295. The number of nitrogens with zero attached hydrogens (tertiary/aromatic N) is 1. The SMILES string of the molecule is C/C=C(\CCC(CC)N(C)C1=CCC(C(C)(C)C)CC1C)C(C)(C)C. The van der Waals surface area contributed by atoms with Gasteiger partial charge in [0.15, 0.2) is 0 Å². The third kappa shape index (κ3) is 6.19. The van der Waals surface area contributed by atoms with Crippen LogP contribution in [-0.4, -0.2) is 18.0 Å². The maximum atomic E-state index is 2.61. The highest BCUT2D eigenvalue weighted by atomic mass is 15.1. The van der Waals surface area contributed by atoms with Crippen molar-refractivity contribution in [1.82, 2.24) is 4.90 Å². The number of rotatable bonds is 6. The van der Waals surface area contributed by atoms with Gasteiger partial charge in [-0.25, -0.2) is 0 Å². The monoisotopic (exact) mass is 347 g/mol. The molecule has 0 aliphatic heterocycles. The summed E-state index contributed by atoms with van der Waals surface area (Å²) in [6.07, 6.45) is 11.2. The molecule has 0 amide bonds. The molecule has 1 nitrogen and oxygen atoms in total. The van der Waals surface area contributed by atoms with Crippen LogP contribution in [0.5, 0.6) is 0 Å². The van der Waals surface area contributed by atoms with Gasteiger partial charge in [-0.1, -0.05) is 73.1 Å². The zero-order chi connectivity index (χ0) is 19.4. The van der Waals surface area contributed by atoms with Crippen LogP contribution in [0, 0.1) is 22.7 Å². The summed E-state index contributed by atoms with van der Waals surface area (Å²) in [5, 5.41) is 0. The molecule has 0 heterocycles. The molecule has 3 atom stereocenters. The Labute approximate surface area is 159 Å². The Morgan fingerprint density at radius 1 is 1.24 bits per heavy atom. The van der Waals surface area contributed by atoms with Crippen molar-refractivity contribution in [2.24, 2.45) is 22.7 Å². The van der Waals surface area contributed by atoms with Gasteiger partial charge in [-0.2, -0.15) is 0 Å². The highest BCUT2D eigenvalue weighted by Gasteiger charge is 2.32. The van der Waals surface area contributed by atoms with Crippen molar-refractivity contribution < 1.29 is 0 Å². The normalized spacial score (nSPS) is 24.1. The van der Waals surface area contributed by atoms with E-state index in [0.29, 0.717) is 22.8 Å². The molecule has 0 saturated heterocycles. The van der Waals surface area contributed by atoms with Crippen LogP contribution in [0.3, 0.4) is 0 Å². The first-order valence-electron chi connectivity index (χ1n) is 10.5. The van der Waals surface area contributed by atoms with Gasteiger partial charge in [-0.3, -0.25) is 0 Å². The summed E-state index contributed by atoms with van der Waals surface area (Å²) in [5.74, 6) is 1.50. The van der Waals surface area contributed by atoms with Gasteiger partial charge in [0.1, 0.15) is 0 Å². The summed E-state index contributed by atoms with van der Waals surface area (Å²) in [5.41, 5.74) is 3.90. The molecular weight excluding hydrogens is 302 g/mol. The minimum Gasteiger partial charge on any atom is -0.375 e. The van der Waals surface area contributed by atoms with Crippen LogP contribution in [0.4, 0.5) is 0 Å². The lowest BCUT2D eigenvalue weighted by molar-refractivity contribution is 0.168. The molecule has 146 valence electrons. The molecule has 0 aromatic heterocycles. The highest BCUT2D eigenvalue weighted by Crippen LogP contribution is 2.41. The lowest BCUT2D eigenvalue weighted by atomic mass is 9.71. The van der Waals surface area contributed by atoms with Crippen molar-refractivity contribution in [3.8, 4) is 0 Å². The zero-order valence-corrected chi connectivity index (χ0v) is 18.9. The van der Waals surface area contributed by atoms with Crippen molar-refractivity contribution in [1.29, 1.82) is 0 Å². The Kier molecular flexibility index (Phi) is 7.84. The maximum absolute atomic E-state index is 2.61. The van der Waals surface area contributed by atoms with Gasteiger partial charge in [0.25, 0.3) is 0 Å². The van der Waals surface area contributed by atoms with Crippen LogP contribution in [-0.2, 0) is 0 Å². The zero-order valence-electron chi connectivity index (χ0n) is 18.9. The van der Waals surface area contributed by atoms with Crippen molar-refractivity contribution in [3.05, 3.63) is 23.4 Å². The Morgan fingerprint density at radius 2 is 1.84 bits per heavy atom. The lowest BCUT2D eigenvalue weighted by Gasteiger charge is -2.41. The molecule has 0 aromatic rings. The molecule has 0 fully saturated rings. The summed E-state index contributed by atoms with van der Waals surface area (Å²) < 4.78 is 0. The van der Waals surface area contributed by atoms with Gasteiger partial charge in [0, 0.05) is 18.8 Å². The predicted octanol–water partition coefficient (Wildman–Crippen LogP) is 7.45. The summed E-state index contributed by atoms with van der Waals surface area (Å²) in [6.45, 7) is 21.2. The second-order valence-electron chi connectivity index (χ2n) is 10.3. The van der Waals surface area contributed by atoms with Gasteiger partial charge in [-0.05, 0) is 61.7 Å². The van der Waals surface area contributed by atoms with Crippen LogP contribution in [0.1, 0.15) is 94.4 Å². The Hall–Kier alpha value is -0.720. The van der Waals surface area contributed by atoms with Crippen LogP contribution in [0.25, 0.3) is 0 Å². The van der Waals surface area contributed by atoms with Crippen molar-refractivity contribution in [3.63, 3.8) is 0 Å². The molecule has 0 aromatic carbocycles. The Balaban J connectivity index is 2.79. The van der Waals surface area contributed by atoms with Crippen molar-refractivity contribution in [2.45, 2.75) is 100 Å². The molecule has 0 bridgehead atoms. The van der Waals surface area contributed by atoms with E-state index in [0.717, 1.165) is 5.92 Å². The van der Waals surface area contributed by atoms with Gasteiger partial charge in [0.05, 0.1) is 0 Å². The Bertz CT molecular complexity index is 469. The van der Waals surface area contributed by atoms with E-state index in [1.807, 2.05) is 0 Å². The average molecular weight is 348 g/mol. The summed E-state index contributed by atoms with van der Waals surface area (Å²) in [7, 11) is 2.33. The van der Waals surface area contributed by atoms with E-state index in [1.54, 1.807) is 11.3 Å². The molecule has 0 spiro atoms. The molecule has 1 aliphatic rings. The van der Waals surface area contributed by atoms with Crippen LogP contribution in [0.2, 0.25) is 0 Å². The summed E-state index contributed by atoms with van der Waals surface area (Å²) >= 11 is 0. The highest BCUT2D eigenvalue weighted by molar-refractivity contribution is 5.13. The number of hydrogen-bond acceptors (Lipinski definition) is 1. The second-order valence-corrected chi connectivity index (χ2v) is 10.3. The molecular formula is C24H45N. The predicted molar refractivity (Wildman–Crippen MR) is 114 cm³/mol. The average Bonchev–Trinajstić information content (AvgIpc) is 2.48. The van der Waals surface area contributed by atoms with Crippen molar-refractivity contribution >= 4 is 0 Å². The van der Waals surface area contributed by atoms with Crippen LogP contribution < -0.4 is 0 Å². The first kappa shape index (κ1) is 22.3. The van der Waals surface area contributed by atoms with Crippen molar-refractivity contribution in [2.75, 3.05) is 7.05 Å². The molecule has 25 heavy (non-hydrogen) atoms. The van der Waals surface area contributed by atoms with Crippen LogP contribution >= 0.6 is 0 Å². The fraction of sp³-hybridized carbons (Fsp3) is 0.833. The van der Waals surface area contributed by atoms with E-state index in [2.05, 4.69) is 86.4 Å². The molecule has 1 rings (SSSR count). The van der Waals surface area contributed by atoms with E-state index in [4.69, 9.17) is 0 Å². The van der Waals surface area contributed by atoms with E-state index in [-0.39, 0.29) is 0 Å². The topological polar surface area (TPSA) is 3.24 Å². The molecule has 1 heteroatoms. The summed E-state index contributed by atoms with van der Waals surface area (Å²) in [4.78, 5) is 2.61. The van der Waals surface area contributed by atoms with Crippen LogP contribution in [0.15, 0.2) is 23.4 Å². The first-order valence-corrected chi connectivity index (χ1v) is 10.5. The minimum absolute atomic E-state index is 0.295. The van der Waals surface area contributed by atoms with Gasteiger partial charge in [-0.15, -0.1) is 0 Å². The fourth-order valence-corrected chi connectivity index (χ4v) is 4.46. The Morgan fingerprint density at radius 3 is 2.24 bits per heavy atom. The molecule has 1 aliphatic carbocycles. The summed E-state index contributed by atoms with van der Waals surface area (Å²) in [6, 6.07) is 0.650. The standard InChI is InChI=1S/C24H45N/c1-11-19(23(4,5)6)13-15-21(12-2)25(10)22-16-14-20(17-18(22)3)24(7,8)9/h11,16,18,20-21H,12-15,17H2,1-10H3/b19-11+. The number of hydrogen-bond donors (Lipinski definition) is 0. The largest absolute Gasteiger partial charge is 0.375 e. The van der Waals surface area contributed by atoms with E-state index in [1.165, 1.54) is 32.1 Å². The van der Waals surface area contributed by atoms with Gasteiger partial charge < -0.3 is 4.90 Å². The first-order chi connectivity index (χ1) is 11.4. The third-order valence-corrected chi connectivity index (χ3v) is 6.46. The number of allylic oxidation sites excluding steroid dienone is 4. The molecule has 0 radical (unpaired) electrons. The van der Waals surface area contributed by atoms with E-state index < -0.39 is 0 Å². The quantitative estimate of drug-likeness (QED) is 0.451. The van der Waals surface area contributed by atoms with Gasteiger partial charge >= 0.3 is 0 Å². The molecule has 0 saturated carbocycles. The lowest BCUT2D eigenvalue weighted by Crippen LogP contribution is -2.36. The molecule has 0 N–H and O–H groups in total. The van der Waals surface area contributed by atoms with E-state index >= 15 is 0 Å². The van der Waals surface area contributed by atoms with Gasteiger partial charge in [0.2, 0.25) is 0 Å². The second kappa shape index (κ2) is 8.78. The molecule has 3 unspecified atom stereocenters.